The van der Waals surface area contributed by atoms with Gasteiger partial charge in [0.2, 0.25) is 5.91 Å². The molecule has 1 aliphatic carbocycles. The number of amides is 1. The van der Waals surface area contributed by atoms with Gasteiger partial charge in [0.25, 0.3) is 0 Å². The highest BCUT2D eigenvalue weighted by Gasteiger charge is 2.30. The van der Waals surface area contributed by atoms with E-state index in [-0.39, 0.29) is 11.9 Å². The zero-order chi connectivity index (χ0) is 16.9. The summed E-state index contributed by atoms with van der Waals surface area (Å²) in [4.78, 5) is 12.8. The second kappa shape index (κ2) is 7.45. The molecule has 1 unspecified atom stereocenters. The second-order valence-electron chi connectivity index (χ2n) is 5.72. The van der Waals surface area contributed by atoms with E-state index in [1.807, 2.05) is 48.6 Å². The molecule has 0 saturated carbocycles. The monoisotopic (exact) mass is 340 g/mol. The van der Waals surface area contributed by atoms with Crippen LogP contribution in [0.15, 0.2) is 66.0 Å². The lowest BCUT2D eigenvalue weighted by Gasteiger charge is -2.36. The fourth-order valence-corrected chi connectivity index (χ4v) is 3.15. The topological polar surface area (TPSA) is 41.6 Å². The highest BCUT2D eigenvalue weighted by atomic mass is 32.1. The van der Waals surface area contributed by atoms with E-state index in [9.17, 15) is 4.79 Å². The van der Waals surface area contributed by atoms with Crippen molar-refractivity contribution in [3.63, 3.8) is 0 Å². The molecular formula is C19H20N2O2S. The van der Waals surface area contributed by atoms with Crippen molar-refractivity contribution >= 4 is 23.1 Å². The van der Waals surface area contributed by atoms with Crippen LogP contribution in [-0.2, 0) is 9.53 Å². The molecule has 1 aromatic rings. The zero-order valence-electron chi connectivity index (χ0n) is 13.6. The highest BCUT2D eigenvalue weighted by Crippen LogP contribution is 2.28. The Kier molecular flexibility index (Phi) is 5.11. The van der Waals surface area contributed by atoms with E-state index in [2.05, 4.69) is 11.5 Å². The summed E-state index contributed by atoms with van der Waals surface area (Å²) >= 11 is 5.48. The molecule has 1 aromatic carbocycles. The lowest BCUT2D eigenvalue weighted by atomic mass is 9.98. The average molecular weight is 340 g/mol. The lowest BCUT2D eigenvalue weighted by Crippen LogP contribution is -2.52. The SMILES string of the molecule is CC(=O)N(NC(=S)c1ccccc1)C1CCOC2=C1C=CC=CC2. The Hall–Kier alpha value is -2.40. The van der Waals surface area contributed by atoms with E-state index in [4.69, 9.17) is 17.0 Å². The van der Waals surface area contributed by atoms with Gasteiger partial charge in [0.1, 0.15) is 10.7 Å². The first-order chi connectivity index (χ1) is 11.7. The zero-order valence-corrected chi connectivity index (χ0v) is 14.4. The molecule has 2 aliphatic rings. The number of ether oxygens (including phenoxy) is 1. The number of hydrogen-bond donors (Lipinski definition) is 1. The van der Waals surface area contributed by atoms with Gasteiger partial charge in [-0.15, -0.1) is 0 Å². The standard InChI is InChI=1S/C19H20N2O2S/c1-14(22)21(20-19(24)15-8-4-2-5-9-15)17-12-13-23-18-11-7-3-6-10-16(17)18/h2-10,17H,11-13H2,1H3,(H,20,24). The largest absolute Gasteiger partial charge is 0.497 e. The summed E-state index contributed by atoms with van der Waals surface area (Å²) in [5.41, 5.74) is 5.05. The van der Waals surface area contributed by atoms with E-state index in [0.29, 0.717) is 11.6 Å². The molecule has 1 amide bonds. The summed E-state index contributed by atoms with van der Waals surface area (Å²) in [6.45, 7) is 2.14. The van der Waals surface area contributed by atoms with Crippen LogP contribution in [0.2, 0.25) is 0 Å². The van der Waals surface area contributed by atoms with Crippen molar-refractivity contribution in [3.05, 3.63) is 71.5 Å². The van der Waals surface area contributed by atoms with Crippen molar-refractivity contribution in [1.29, 1.82) is 0 Å². The van der Waals surface area contributed by atoms with Crippen LogP contribution in [0.5, 0.6) is 0 Å². The number of carbonyl (C=O) groups is 1. The molecule has 0 aromatic heterocycles. The summed E-state index contributed by atoms with van der Waals surface area (Å²) in [6.07, 6.45) is 9.53. The van der Waals surface area contributed by atoms with Crippen molar-refractivity contribution in [2.24, 2.45) is 0 Å². The molecule has 1 heterocycles. The van der Waals surface area contributed by atoms with Crippen LogP contribution in [0.25, 0.3) is 0 Å². The summed E-state index contributed by atoms with van der Waals surface area (Å²) in [5.74, 6) is 0.854. The smallest absolute Gasteiger partial charge is 0.238 e. The molecule has 1 atom stereocenters. The molecule has 0 spiro atoms. The van der Waals surface area contributed by atoms with Gasteiger partial charge in [0.05, 0.1) is 12.6 Å². The van der Waals surface area contributed by atoms with E-state index >= 15 is 0 Å². The Morgan fingerprint density at radius 2 is 2.08 bits per heavy atom. The van der Waals surface area contributed by atoms with Crippen molar-refractivity contribution in [3.8, 4) is 0 Å². The van der Waals surface area contributed by atoms with Gasteiger partial charge in [-0.05, 0) is 0 Å². The molecule has 1 N–H and O–H groups in total. The minimum absolute atomic E-state index is 0.0716. The van der Waals surface area contributed by atoms with Crippen molar-refractivity contribution in [1.82, 2.24) is 10.4 Å². The molecule has 24 heavy (non-hydrogen) atoms. The Bertz CT molecular complexity index is 722. The van der Waals surface area contributed by atoms with Gasteiger partial charge in [0, 0.05) is 30.9 Å². The van der Waals surface area contributed by atoms with Gasteiger partial charge in [-0.2, -0.15) is 0 Å². The van der Waals surface area contributed by atoms with Gasteiger partial charge in [-0.1, -0.05) is 66.9 Å². The molecule has 0 saturated heterocycles. The molecule has 124 valence electrons. The quantitative estimate of drug-likeness (QED) is 0.663. The van der Waals surface area contributed by atoms with Crippen LogP contribution in [0, 0.1) is 0 Å². The normalized spacial score (nSPS) is 19.1. The molecular weight excluding hydrogens is 320 g/mol. The molecule has 3 rings (SSSR count). The van der Waals surface area contributed by atoms with Gasteiger partial charge >= 0.3 is 0 Å². The number of hydrazine groups is 1. The Morgan fingerprint density at radius 1 is 1.29 bits per heavy atom. The fraction of sp³-hybridized carbons (Fsp3) is 0.263. The predicted molar refractivity (Wildman–Crippen MR) is 98.1 cm³/mol. The number of carbonyl (C=O) groups excluding carboxylic acids is 1. The van der Waals surface area contributed by atoms with Crippen molar-refractivity contribution in [2.45, 2.75) is 25.8 Å². The number of hydrogen-bond acceptors (Lipinski definition) is 3. The number of benzene rings is 1. The minimum atomic E-state index is -0.0935. The number of nitrogens with zero attached hydrogens (tertiary/aromatic N) is 1. The summed E-state index contributed by atoms with van der Waals surface area (Å²) in [6, 6.07) is 9.56. The van der Waals surface area contributed by atoms with E-state index in [0.717, 1.165) is 29.7 Å². The first-order valence-electron chi connectivity index (χ1n) is 8.01. The summed E-state index contributed by atoms with van der Waals surface area (Å²) in [7, 11) is 0. The predicted octanol–water partition coefficient (Wildman–Crippen LogP) is 3.27. The second-order valence-corrected chi connectivity index (χ2v) is 6.13. The van der Waals surface area contributed by atoms with Crippen LogP contribution in [0.3, 0.4) is 0 Å². The first-order valence-corrected chi connectivity index (χ1v) is 8.42. The number of allylic oxidation sites excluding steroid dienone is 3. The molecule has 0 fully saturated rings. The molecule has 5 heteroatoms. The van der Waals surface area contributed by atoms with Crippen LogP contribution >= 0.6 is 12.2 Å². The highest BCUT2D eigenvalue weighted by molar-refractivity contribution is 7.80. The fourth-order valence-electron chi connectivity index (χ4n) is 2.92. The van der Waals surface area contributed by atoms with Gasteiger partial charge in [-0.25, -0.2) is 5.01 Å². The van der Waals surface area contributed by atoms with Gasteiger partial charge < -0.3 is 4.74 Å². The average Bonchev–Trinajstić information content (AvgIpc) is 2.85. The van der Waals surface area contributed by atoms with Crippen LogP contribution < -0.4 is 5.43 Å². The molecule has 0 bridgehead atoms. The van der Waals surface area contributed by atoms with Gasteiger partial charge in [0.15, 0.2) is 0 Å². The van der Waals surface area contributed by atoms with E-state index in [1.165, 1.54) is 0 Å². The molecule has 0 radical (unpaired) electrons. The van der Waals surface area contributed by atoms with E-state index in [1.54, 1.807) is 11.9 Å². The maximum atomic E-state index is 12.3. The third-order valence-electron chi connectivity index (χ3n) is 4.08. The third kappa shape index (κ3) is 3.57. The van der Waals surface area contributed by atoms with Crippen LogP contribution in [-0.4, -0.2) is 28.6 Å². The minimum Gasteiger partial charge on any atom is -0.497 e. The van der Waals surface area contributed by atoms with Crippen molar-refractivity contribution < 1.29 is 9.53 Å². The maximum Gasteiger partial charge on any atom is 0.238 e. The van der Waals surface area contributed by atoms with Gasteiger partial charge in [-0.3, -0.25) is 10.2 Å². The first kappa shape index (κ1) is 16.5. The third-order valence-corrected chi connectivity index (χ3v) is 4.41. The number of rotatable bonds is 2. The number of thiocarbonyl (C=S) groups is 1. The van der Waals surface area contributed by atoms with E-state index < -0.39 is 0 Å². The number of nitrogens with one attached hydrogen (secondary N) is 1. The van der Waals surface area contributed by atoms with Crippen LogP contribution in [0.4, 0.5) is 0 Å². The summed E-state index contributed by atoms with van der Waals surface area (Å²) in [5, 5.41) is 1.63. The Morgan fingerprint density at radius 3 is 2.83 bits per heavy atom. The molecule has 4 nitrogen and oxygen atoms in total. The van der Waals surface area contributed by atoms with Crippen LogP contribution in [0.1, 0.15) is 25.3 Å². The summed E-state index contributed by atoms with van der Waals surface area (Å²) < 4.78 is 5.79. The Labute approximate surface area is 147 Å². The lowest BCUT2D eigenvalue weighted by molar-refractivity contribution is -0.133. The molecule has 1 aliphatic heterocycles. The maximum absolute atomic E-state index is 12.3. The van der Waals surface area contributed by atoms with Crippen molar-refractivity contribution in [2.75, 3.05) is 6.61 Å². The Balaban J connectivity index is 1.85.